The third kappa shape index (κ3) is 5.29. The van der Waals surface area contributed by atoms with Gasteiger partial charge in [-0.2, -0.15) is 5.26 Å². The highest BCUT2D eigenvalue weighted by atomic mass is 35.5. The molecule has 0 saturated heterocycles. The minimum Gasteiger partial charge on any atom is -0.380 e. The molecule has 3 aromatic rings. The molecule has 1 unspecified atom stereocenters. The standard InChI is InChI=1S/C28H31ClFN7/c1-16(28(2,3)4)33-25-18(13-31)14-32-27-22(25)11-20(12-23(27)29)34-26(17-5-7-19(30)8-6-17)24-15-37(36-35-24)21-9-10-21/h5-8,11-12,14-16,21,26,34-36H,9-10H2,1-4H3,(H,32,33)/t16-,26?/m1/s1. The number of pyridine rings is 1. The Morgan fingerprint density at radius 3 is 2.57 bits per heavy atom. The topological polar surface area (TPSA) is 88.0 Å². The maximum absolute atomic E-state index is 13.7. The van der Waals surface area contributed by atoms with Crippen molar-refractivity contribution < 1.29 is 4.39 Å². The van der Waals surface area contributed by atoms with Gasteiger partial charge in [-0.25, -0.2) is 4.39 Å². The highest BCUT2D eigenvalue weighted by molar-refractivity contribution is 6.35. The fourth-order valence-electron chi connectivity index (χ4n) is 4.22. The van der Waals surface area contributed by atoms with Gasteiger partial charge in [0, 0.05) is 35.6 Å². The molecule has 2 aromatic carbocycles. The number of fused-ring (bicyclic) bond motifs is 1. The fraction of sp³-hybridized carbons (Fsp3) is 0.357. The van der Waals surface area contributed by atoms with E-state index in [4.69, 9.17) is 11.6 Å². The third-order valence-corrected chi connectivity index (χ3v) is 7.37. The van der Waals surface area contributed by atoms with Gasteiger partial charge in [0.1, 0.15) is 11.9 Å². The molecule has 0 spiro atoms. The highest BCUT2D eigenvalue weighted by Gasteiger charge is 2.32. The van der Waals surface area contributed by atoms with Crippen LogP contribution < -0.4 is 21.6 Å². The molecule has 2 heterocycles. The van der Waals surface area contributed by atoms with Crippen molar-refractivity contribution in [1.29, 1.82) is 5.26 Å². The molecule has 0 amide bonds. The molecule has 4 N–H and O–H groups in total. The van der Waals surface area contributed by atoms with Crippen molar-refractivity contribution in [2.75, 3.05) is 10.6 Å². The summed E-state index contributed by atoms with van der Waals surface area (Å²) in [5.41, 5.74) is 10.8. The molecule has 7 nitrogen and oxygen atoms in total. The van der Waals surface area contributed by atoms with Crippen LogP contribution in [-0.2, 0) is 0 Å². The predicted molar refractivity (Wildman–Crippen MR) is 146 cm³/mol. The monoisotopic (exact) mass is 519 g/mol. The normalized spacial score (nSPS) is 17.1. The lowest BCUT2D eigenvalue weighted by atomic mass is 9.87. The lowest BCUT2D eigenvalue weighted by molar-refractivity contribution is 0.260. The molecule has 0 radical (unpaired) electrons. The quantitative estimate of drug-likeness (QED) is 0.294. The molecule has 1 aromatic heterocycles. The van der Waals surface area contributed by atoms with Crippen LogP contribution in [0.4, 0.5) is 15.8 Å². The van der Waals surface area contributed by atoms with Crippen molar-refractivity contribution in [3.05, 3.63) is 76.5 Å². The summed E-state index contributed by atoms with van der Waals surface area (Å²) in [4.78, 5) is 4.48. The van der Waals surface area contributed by atoms with E-state index in [9.17, 15) is 9.65 Å². The first kappa shape index (κ1) is 25.1. The van der Waals surface area contributed by atoms with Crippen LogP contribution in [0.3, 0.4) is 0 Å². The van der Waals surface area contributed by atoms with Gasteiger partial charge in [-0.3, -0.25) is 9.99 Å². The van der Waals surface area contributed by atoms with Crippen LogP contribution >= 0.6 is 11.6 Å². The molecular weight excluding hydrogens is 489 g/mol. The van der Waals surface area contributed by atoms with Crippen molar-refractivity contribution in [3.8, 4) is 6.07 Å². The summed E-state index contributed by atoms with van der Waals surface area (Å²) in [6.45, 7) is 8.54. The van der Waals surface area contributed by atoms with Gasteiger partial charge >= 0.3 is 0 Å². The molecule has 1 saturated carbocycles. The third-order valence-electron chi connectivity index (χ3n) is 7.08. The Morgan fingerprint density at radius 2 is 1.92 bits per heavy atom. The number of hydrazine groups is 2. The number of anilines is 2. The highest BCUT2D eigenvalue weighted by Crippen LogP contribution is 2.37. The number of benzene rings is 2. The summed E-state index contributed by atoms with van der Waals surface area (Å²) in [6, 6.07) is 12.8. The molecule has 2 atom stereocenters. The van der Waals surface area contributed by atoms with Crippen molar-refractivity contribution in [3.63, 3.8) is 0 Å². The number of nitrogens with zero attached hydrogens (tertiary/aromatic N) is 3. The van der Waals surface area contributed by atoms with Crippen LogP contribution in [0.25, 0.3) is 10.9 Å². The maximum atomic E-state index is 13.7. The molecule has 192 valence electrons. The van der Waals surface area contributed by atoms with Crippen LogP contribution in [0.5, 0.6) is 0 Å². The molecule has 9 heteroatoms. The van der Waals surface area contributed by atoms with Crippen LogP contribution in [0, 0.1) is 22.6 Å². The van der Waals surface area contributed by atoms with E-state index in [1.165, 1.54) is 12.1 Å². The summed E-state index contributed by atoms with van der Waals surface area (Å²) in [5.74, 6) is -0.291. The van der Waals surface area contributed by atoms with Gasteiger partial charge in [0.2, 0.25) is 0 Å². The first-order valence-electron chi connectivity index (χ1n) is 12.5. The number of hydrogen-bond donors (Lipinski definition) is 4. The Morgan fingerprint density at radius 1 is 1.19 bits per heavy atom. The summed E-state index contributed by atoms with van der Waals surface area (Å²) in [7, 11) is 0. The van der Waals surface area contributed by atoms with Gasteiger partial charge in [0.25, 0.3) is 0 Å². The Hall–Kier alpha value is -3.54. The smallest absolute Gasteiger partial charge is 0.123 e. The number of nitrogens with one attached hydrogen (secondary N) is 4. The van der Waals surface area contributed by atoms with Gasteiger partial charge in [0.15, 0.2) is 0 Å². The predicted octanol–water partition coefficient (Wildman–Crippen LogP) is 6.23. The first-order chi connectivity index (χ1) is 17.6. The van der Waals surface area contributed by atoms with Crippen LogP contribution in [0.15, 0.2) is 54.5 Å². The number of nitriles is 1. The van der Waals surface area contributed by atoms with Crippen LogP contribution in [0.2, 0.25) is 5.02 Å². The molecule has 2 aliphatic rings. The van der Waals surface area contributed by atoms with E-state index in [0.29, 0.717) is 27.8 Å². The molecule has 1 aliphatic carbocycles. The van der Waals surface area contributed by atoms with E-state index < -0.39 is 0 Å². The van der Waals surface area contributed by atoms with Crippen molar-refractivity contribution in [1.82, 2.24) is 21.0 Å². The molecule has 1 fully saturated rings. The second-order valence-electron chi connectivity index (χ2n) is 10.8. The average Bonchev–Trinajstić information content (AvgIpc) is 3.59. The minimum absolute atomic E-state index is 0.0310. The van der Waals surface area contributed by atoms with Gasteiger partial charge < -0.3 is 16.1 Å². The summed E-state index contributed by atoms with van der Waals surface area (Å²) < 4.78 is 13.7. The second-order valence-corrected chi connectivity index (χ2v) is 11.2. The van der Waals surface area contributed by atoms with Gasteiger partial charge in [-0.15, -0.1) is 5.53 Å². The van der Waals surface area contributed by atoms with Crippen molar-refractivity contribution >= 4 is 33.9 Å². The molecular formula is C28H31ClFN7. The number of hydrogen-bond acceptors (Lipinski definition) is 7. The van der Waals surface area contributed by atoms with E-state index in [1.54, 1.807) is 18.3 Å². The van der Waals surface area contributed by atoms with E-state index in [1.807, 2.05) is 12.1 Å². The van der Waals surface area contributed by atoms with Crippen molar-refractivity contribution in [2.24, 2.45) is 5.41 Å². The molecule has 37 heavy (non-hydrogen) atoms. The second kappa shape index (κ2) is 9.73. The minimum atomic E-state index is -0.303. The Kier molecular flexibility index (Phi) is 6.61. The Balaban J connectivity index is 1.56. The molecule has 5 rings (SSSR count). The molecule has 1 aliphatic heterocycles. The van der Waals surface area contributed by atoms with Crippen LogP contribution in [0.1, 0.15) is 57.7 Å². The lowest BCUT2D eigenvalue weighted by Crippen LogP contribution is -2.38. The zero-order chi connectivity index (χ0) is 26.3. The van der Waals surface area contributed by atoms with E-state index in [0.717, 1.165) is 35.2 Å². The summed E-state index contributed by atoms with van der Waals surface area (Å²) >= 11 is 6.73. The zero-order valence-electron chi connectivity index (χ0n) is 21.4. The van der Waals surface area contributed by atoms with Gasteiger partial charge in [-0.1, -0.05) is 44.5 Å². The Bertz CT molecular complexity index is 1390. The van der Waals surface area contributed by atoms with Gasteiger partial charge in [0.05, 0.1) is 33.5 Å². The zero-order valence-corrected chi connectivity index (χ0v) is 22.1. The van der Waals surface area contributed by atoms with Gasteiger partial charge in [-0.05, 0) is 55.0 Å². The number of rotatable bonds is 7. The lowest BCUT2D eigenvalue weighted by Gasteiger charge is -2.30. The van der Waals surface area contributed by atoms with E-state index >= 15 is 0 Å². The SMILES string of the molecule is C[C@@H](Nc1c(C#N)cnc2c(Cl)cc(NC(C3=CN(C4CC4)NN3)c3ccc(F)cc3)cc12)C(C)(C)C. The summed E-state index contributed by atoms with van der Waals surface area (Å²) in [6.07, 6.45) is 5.90. The first-order valence-corrected chi connectivity index (χ1v) is 12.8. The number of aromatic nitrogens is 1. The largest absolute Gasteiger partial charge is 0.380 e. The number of halogens is 2. The van der Waals surface area contributed by atoms with E-state index in [2.05, 4.69) is 71.6 Å². The van der Waals surface area contributed by atoms with E-state index in [-0.39, 0.29) is 23.3 Å². The van der Waals surface area contributed by atoms with Crippen molar-refractivity contribution in [2.45, 2.75) is 58.7 Å². The maximum Gasteiger partial charge on any atom is 0.123 e. The summed E-state index contributed by atoms with van der Waals surface area (Å²) in [5, 5.41) is 20.2. The fourth-order valence-corrected chi connectivity index (χ4v) is 4.49. The van der Waals surface area contributed by atoms with Crippen LogP contribution in [-0.4, -0.2) is 22.1 Å². The average molecular weight is 520 g/mol. The molecule has 0 bridgehead atoms. The Labute approximate surface area is 221 Å².